The molecule has 2 N–H and O–H groups in total. The highest BCUT2D eigenvalue weighted by Gasteiger charge is 2.15. The molecule has 0 spiro atoms. The van der Waals surface area contributed by atoms with Gasteiger partial charge in [-0.25, -0.2) is 4.39 Å². The molecule has 0 fully saturated rings. The van der Waals surface area contributed by atoms with E-state index in [4.69, 9.17) is 10.5 Å². The van der Waals surface area contributed by atoms with Crippen LogP contribution in [-0.4, -0.2) is 27.3 Å². The molecule has 0 aliphatic rings. The highest BCUT2D eigenvalue weighted by molar-refractivity contribution is 5.61. The lowest BCUT2D eigenvalue weighted by Crippen LogP contribution is -2.01. The highest BCUT2D eigenvalue weighted by Crippen LogP contribution is 2.25. The Bertz CT molecular complexity index is 787. The Morgan fingerprint density at radius 2 is 2.05 bits per heavy atom. The van der Waals surface area contributed by atoms with Crippen molar-refractivity contribution in [2.75, 3.05) is 12.8 Å². The number of tetrazole rings is 1. The van der Waals surface area contributed by atoms with E-state index < -0.39 is 5.82 Å². The first-order valence-corrected chi connectivity index (χ1v) is 6.17. The quantitative estimate of drug-likeness (QED) is 0.745. The minimum absolute atomic E-state index is 0.275. The third kappa shape index (κ3) is 2.40. The summed E-state index contributed by atoms with van der Waals surface area (Å²) in [6.45, 7) is 0. The zero-order chi connectivity index (χ0) is 14.8. The molecular weight excluding hydrogens is 273 g/mol. The summed E-state index contributed by atoms with van der Waals surface area (Å²) in [5.41, 5.74) is 6.84. The number of anilines is 1. The van der Waals surface area contributed by atoms with Gasteiger partial charge in [0.1, 0.15) is 11.6 Å². The molecule has 106 valence electrons. The number of nitrogens with two attached hydrogens (primary N) is 1. The maximum Gasteiger partial charge on any atom is 0.190 e. The number of hydrogen-bond acceptors (Lipinski definition) is 5. The second-order valence-corrected chi connectivity index (χ2v) is 4.36. The predicted molar refractivity (Wildman–Crippen MR) is 75.5 cm³/mol. The maximum absolute atomic E-state index is 14.0. The van der Waals surface area contributed by atoms with Crippen LogP contribution in [0.5, 0.6) is 5.75 Å². The first kappa shape index (κ1) is 13.0. The summed E-state index contributed by atoms with van der Waals surface area (Å²) < 4.78 is 20.6. The van der Waals surface area contributed by atoms with E-state index >= 15 is 0 Å². The number of methoxy groups -OCH3 is 1. The largest absolute Gasteiger partial charge is 0.497 e. The van der Waals surface area contributed by atoms with E-state index in [2.05, 4.69) is 15.5 Å². The number of halogens is 1. The van der Waals surface area contributed by atoms with Crippen LogP contribution in [0.2, 0.25) is 0 Å². The Balaban J connectivity index is 2.12. The Morgan fingerprint density at radius 1 is 1.19 bits per heavy atom. The van der Waals surface area contributed by atoms with E-state index in [1.807, 2.05) is 0 Å². The van der Waals surface area contributed by atoms with Gasteiger partial charge in [-0.3, -0.25) is 0 Å². The van der Waals surface area contributed by atoms with Gasteiger partial charge in [0.25, 0.3) is 0 Å². The molecule has 0 aliphatic heterocycles. The lowest BCUT2D eigenvalue weighted by atomic mass is 10.1. The van der Waals surface area contributed by atoms with Gasteiger partial charge < -0.3 is 10.5 Å². The summed E-state index contributed by atoms with van der Waals surface area (Å²) >= 11 is 0. The van der Waals surface area contributed by atoms with Crippen LogP contribution in [0.3, 0.4) is 0 Å². The molecule has 1 heterocycles. The van der Waals surface area contributed by atoms with Gasteiger partial charge in [0.2, 0.25) is 0 Å². The van der Waals surface area contributed by atoms with E-state index in [0.29, 0.717) is 22.9 Å². The van der Waals surface area contributed by atoms with Crippen molar-refractivity contribution in [3.8, 4) is 22.8 Å². The molecular formula is C14H12FN5O. The Morgan fingerprint density at radius 3 is 2.81 bits per heavy atom. The van der Waals surface area contributed by atoms with Crippen LogP contribution in [0.4, 0.5) is 10.1 Å². The van der Waals surface area contributed by atoms with E-state index in [-0.39, 0.29) is 5.56 Å². The minimum Gasteiger partial charge on any atom is -0.497 e. The lowest BCUT2D eigenvalue weighted by Gasteiger charge is -2.07. The average molecular weight is 285 g/mol. The molecule has 0 aliphatic carbocycles. The molecule has 2 aromatic carbocycles. The van der Waals surface area contributed by atoms with E-state index in [1.165, 1.54) is 10.7 Å². The summed E-state index contributed by atoms with van der Waals surface area (Å²) in [7, 11) is 1.57. The second-order valence-electron chi connectivity index (χ2n) is 4.36. The van der Waals surface area contributed by atoms with Crippen LogP contribution in [-0.2, 0) is 0 Å². The molecule has 3 aromatic rings. The maximum atomic E-state index is 14.0. The molecule has 0 unspecified atom stereocenters. The van der Waals surface area contributed by atoms with Gasteiger partial charge >= 0.3 is 0 Å². The van der Waals surface area contributed by atoms with Crippen molar-refractivity contribution in [3.05, 3.63) is 48.3 Å². The first-order chi connectivity index (χ1) is 10.2. The van der Waals surface area contributed by atoms with Crippen LogP contribution in [0.25, 0.3) is 17.1 Å². The molecule has 6 nitrogen and oxygen atoms in total. The fourth-order valence-electron chi connectivity index (χ4n) is 1.98. The molecule has 0 amide bonds. The fraction of sp³-hybridized carbons (Fsp3) is 0.0714. The fourth-order valence-corrected chi connectivity index (χ4v) is 1.98. The summed E-state index contributed by atoms with van der Waals surface area (Å²) in [5.74, 6) is 0.474. The van der Waals surface area contributed by atoms with Crippen molar-refractivity contribution in [3.63, 3.8) is 0 Å². The lowest BCUT2D eigenvalue weighted by molar-refractivity contribution is 0.414. The van der Waals surface area contributed by atoms with Gasteiger partial charge in [-0.2, -0.15) is 4.68 Å². The molecule has 0 saturated heterocycles. The van der Waals surface area contributed by atoms with Gasteiger partial charge in [-0.05, 0) is 40.8 Å². The molecule has 0 radical (unpaired) electrons. The van der Waals surface area contributed by atoms with Crippen LogP contribution in [0.15, 0.2) is 42.5 Å². The molecule has 21 heavy (non-hydrogen) atoms. The molecule has 7 heteroatoms. The van der Waals surface area contributed by atoms with Crippen molar-refractivity contribution in [2.45, 2.75) is 0 Å². The van der Waals surface area contributed by atoms with Crippen LogP contribution < -0.4 is 10.5 Å². The number of nitrogens with zero attached hydrogens (tertiary/aromatic N) is 4. The van der Waals surface area contributed by atoms with Crippen molar-refractivity contribution < 1.29 is 9.13 Å². The van der Waals surface area contributed by atoms with Crippen LogP contribution in [0.1, 0.15) is 0 Å². The SMILES string of the molecule is COc1cccc(-n2nnnc2-c2ccc(N)cc2F)c1. The van der Waals surface area contributed by atoms with Gasteiger partial charge in [0.15, 0.2) is 5.82 Å². The van der Waals surface area contributed by atoms with E-state index in [1.54, 1.807) is 43.5 Å². The van der Waals surface area contributed by atoms with Gasteiger partial charge in [-0.1, -0.05) is 6.07 Å². The number of rotatable bonds is 3. The summed E-state index contributed by atoms with van der Waals surface area (Å²) in [4.78, 5) is 0. The smallest absolute Gasteiger partial charge is 0.190 e. The minimum atomic E-state index is -0.478. The second kappa shape index (κ2) is 5.20. The molecule has 0 atom stereocenters. The van der Waals surface area contributed by atoms with Gasteiger partial charge in [0.05, 0.1) is 18.4 Å². The average Bonchev–Trinajstić information content (AvgIpc) is 2.96. The third-order valence-electron chi connectivity index (χ3n) is 3.00. The predicted octanol–water partition coefficient (Wildman–Crippen LogP) is 2.06. The Labute approximate surface area is 120 Å². The molecule has 1 aromatic heterocycles. The standard InChI is InChI=1S/C14H12FN5O/c1-21-11-4-2-3-10(8-11)20-14(17-18-19-20)12-6-5-9(16)7-13(12)15/h2-8H,16H2,1H3. The topological polar surface area (TPSA) is 78.8 Å². The zero-order valence-electron chi connectivity index (χ0n) is 11.2. The first-order valence-electron chi connectivity index (χ1n) is 6.17. The van der Waals surface area contributed by atoms with Crippen molar-refractivity contribution in [2.24, 2.45) is 0 Å². The monoisotopic (exact) mass is 285 g/mol. The number of ether oxygens (including phenoxy) is 1. The van der Waals surface area contributed by atoms with Gasteiger partial charge in [-0.15, -0.1) is 5.10 Å². The van der Waals surface area contributed by atoms with E-state index in [9.17, 15) is 4.39 Å². The van der Waals surface area contributed by atoms with Crippen molar-refractivity contribution >= 4 is 5.69 Å². The zero-order valence-corrected chi connectivity index (χ0v) is 11.2. The van der Waals surface area contributed by atoms with Crippen LogP contribution in [0, 0.1) is 5.82 Å². The Hall–Kier alpha value is -2.96. The number of benzene rings is 2. The summed E-state index contributed by atoms with van der Waals surface area (Å²) in [6.07, 6.45) is 0. The number of hydrogen-bond donors (Lipinski definition) is 1. The summed E-state index contributed by atoms with van der Waals surface area (Å²) in [6, 6.07) is 11.6. The van der Waals surface area contributed by atoms with Crippen molar-refractivity contribution in [1.82, 2.24) is 20.2 Å². The van der Waals surface area contributed by atoms with Crippen molar-refractivity contribution in [1.29, 1.82) is 0 Å². The molecule has 0 bridgehead atoms. The summed E-state index contributed by atoms with van der Waals surface area (Å²) in [5, 5.41) is 11.4. The number of nitrogen functional groups attached to an aromatic ring is 1. The Kier molecular flexibility index (Phi) is 3.23. The van der Waals surface area contributed by atoms with Gasteiger partial charge in [0, 0.05) is 11.8 Å². The third-order valence-corrected chi connectivity index (χ3v) is 3.00. The molecule has 3 rings (SSSR count). The highest BCUT2D eigenvalue weighted by atomic mass is 19.1. The molecule has 0 saturated carbocycles. The van der Waals surface area contributed by atoms with E-state index in [0.717, 1.165) is 0 Å². The van der Waals surface area contributed by atoms with Crippen LogP contribution >= 0.6 is 0 Å². The normalized spacial score (nSPS) is 10.6. The number of aromatic nitrogens is 4.